The maximum atomic E-state index is 2.68. The first kappa shape index (κ1) is 20.8. The third kappa shape index (κ3) is 11.1. The van der Waals surface area contributed by atoms with Crippen molar-refractivity contribution in [2.45, 2.75) is 65.2 Å². The van der Waals surface area contributed by atoms with Gasteiger partial charge in [0.15, 0.2) is 0 Å². The van der Waals surface area contributed by atoms with Crippen LogP contribution in [0.5, 0.6) is 0 Å². The summed E-state index contributed by atoms with van der Waals surface area (Å²) in [5, 5.41) is 0. The zero-order chi connectivity index (χ0) is 14.5. The number of rotatable bonds is 12. The molecule has 0 aliphatic carbocycles. The summed E-state index contributed by atoms with van der Waals surface area (Å²) < 4.78 is 0. The molecule has 0 aliphatic rings. The topological polar surface area (TPSA) is 3.24 Å². The van der Waals surface area contributed by atoms with Crippen LogP contribution in [0, 0.1) is 0 Å². The molecule has 116 valence electrons. The van der Waals surface area contributed by atoms with Crippen LogP contribution in [0.25, 0.3) is 0 Å². The second-order valence-corrected chi connectivity index (χ2v) is 5.85. The van der Waals surface area contributed by atoms with Crippen LogP contribution in [0.2, 0.25) is 0 Å². The predicted octanol–water partition coefficient (Wildman–Crippen LogP) is 2.42. The van der Waals surface area contributed by atoms with E-state index in [4.69, 9.17) is 0 Å². The van der Waals surface area contributed by atoms with E-state index in [-0.39, 0.29) is 20.3 Å². The van der Waals surface area contributed by atoms with Gasteiger partial charge in [0.25, 0.3) is 0 Å². The Balaban J connectivity index is 0. The van der Waals surface area contributed by atoms with Crippen molar-refractivity contribution in [2.24, 2.45) is 0 Å². The van der Waals surface area contributed by atoms with Crippen LogP contribution in [0.1, 0.15) is 65.8 Å². The van der Waals surface area contributed by atoms with Crippen molar-refractivity contribution in [2.75, 3.05) is 19.6 Å². The van der Waals surface area contributed by atoms with Gasteiger partial charge in [0.1, 0.15) is 0 Å². The van der Waals surface area contributed by atoms with Crippen LogP contribution in [0.4, 0.5) is 0 Å². The van der Waals surface area contributed by atoms with E-state index in [1.165, 1.54) is 76.6 Å². The minimum Gasteiger partial charge on any atom is -1.00 e. The Bertz CT molecular complexity index is 310. The summed E-state index contributed by atoms with van der Waals surface area (Å²) in [6, 6.07) is 10.9. The Morgan fingerprint density at radius 3 is 1.90 bits per heavy atom. The largest absolute Gasteiger partial charge is 1.00 e. The van der Waals surface area contributed by atoms with Crippen LogP contribution in [0.15, 0.2) is 30.3 Å². The number of unbranched alkanes of at least 4 members (excludes halogenated alkanes) is 4. The monoisotopic (exact) mass is 283 g/mol. The first-order valence-corrected chi connectivity index (χ1v) is 8.63. The van der Waals surface area contributed by atoms with Crippen LogP contribution >= 0.6 is 0 Å². The first-order chi connectivity index (χ1) is 9.86. The standard InChI is InChI=1S/C19H33N.Li.H/c1-3-5-16-20(17-6-4-2)18-12-8-11-15-19-13-9-7-10-14-19;;/h7,9-10,13-14H,3-6,8,11-12,15-18H2,1-2H3;;/q;+1;-1. The Labute approximate surface area is 146 Å². The van der Waals surface area contributed by atoms with Gasteiger partial charge in [0.05, 0.1) is 0 Å². The van der Waals surface area contributed by atoms with Crippen LogP contribution in [-0.4, -0.2) is 24.5 Å². The molecule has 0 radical (unpaired) electrons. The van der Waals surface area contributed by atoms with Crippen molar-refractivity contribution in [3.63, 3.8) is 0 Å². The number of aryl methyl sites for hydroxylation is 1. The third-order valence-electron chi connectivity index (χ3n) is 3.94. The second kappa shape index (κ2) is 14.7. The van der Waals surface area contributed by atoms with Crippen molar-refractivity contribution in [1.82, 2.24) is 4.90 Å². The zero-order valence-corrected chi connectivity index (χ0v) is 14.6. The average Bonchev–Trinajstić information content (AvgIpc) is 2.50. The van der Waals surface area contributed by atoms with Crippen molar-refractivity contribution in [3.05, 3.63) is 35.9 Å². The molecule has 0 aliphatic heterocycles. The SMILES string of the molecule is CCCCN(CCCC)CCCCCc1ccccc1.[H-].[Li+]. The molecule has 0 amide bonds. The molecule has 0 saturated heterocycles. The molecule has 0 fully saturated rings. The van der Waals surface area contributed by atoms with Gasteiger partial charge in [-0.2, -0.15) is 0 Å². The smallest absolute Gasteiger partial charge is 1.00 e. The van der Waals surface area contributed by atoms with E-state index in [9.17, 15) is 0 Å². The average molecular weight is 283 g/mol. The molecule has 0 aromatic heterocycles. The molecule has 0 N–H and O–H groups in total. The Morgan fingerprint density at radius 1 is 0.762 bits per heavy atom. The molecule has 1 aromatic carbocycles. The Kier molecular flexibility index (Phi) is 14.5. The van der Waals surface area contributed by atoms with Gasteiger partial charge in [0, 0.05) is 0 Å². The first-order valence-electron chi connectivity index (χ1n) is 8.63. The summed E-state index contributed by atoms with van der Waals surface area (Å²) in [5.74, 6) is 0. The second-order valence-electron chi connectivity index (χ2n) is 5.85. The minimum absolute atomic E-state index is 0. The summed E-state index contributed by atoms with van der Waals surface area (Å²) in [6.07, 6.45) is 10.6. The molecule has 1 nitrogen and oxygen atoms in total. The van der Waals surface area contributed by atoms with Gasteiger partial charge in [-0.15, -0.1) is 0 Å². The van der Waals surface area contributed by atoms with Crippen LogP contribution in [-0.2, 0) is 6.42 Å². The van der Waals surface area contributed by atoms with Crippen LogP contribution in [0.3, 0.4) is 0 Å². The van der Waals surface area contributed by atoms with Gasteiger partial charge in [-0.05, 0) is 57.3 Å². The number of hydrogen-bond acceptors (Lipinski definition) is 1. The predicted molar refractivity (Wildman–Crippen MR) is 91.4 cm³/mol. The molecule has 0 heterocycles. The minimum atomic E-state index is 0. The summed E-state index contributed by atoms with van der Waals surface area (Å²) >= 11 is 0. The zero-order valence-electron chi connectivity index (χ0n) is 15.6. The van der Waals surface area contributed by atoms with Gasteiger partial charge in [-0.1, -0.05) is 63.4 Å². The van der Waals surface area contributed by atoms with Gasteiger partial charge >= 0.3 is 18.9 Å². The fraction of sp³-hybridized carbons (Fsp3) is 0.684. The van der Waals surface area contributed by atoms with E-state index < -0.39 is 0 Å². The van der Waals surface area contributed by atoms with E-state index in [0.29, 0.717) is 0 Å². The molecule has 0 unspecified atom stereocenters. The normalized spacial score (nSPS) is 10.6. The summed E-state index contributed by atoms with van der Waals surface area (Å²) in [6.45, 7) is 8.48. The molecule has 2 heteroatoms. The van der Waals surface area contributed by atoms with Crippen molar-refractivity contribution < 1.29 is 20.3 Å². The van der Waals surface area contributed by atoms with Crippen molar-refractivity contribution in [1.29, 1.82) is 0 Å². The summed E-state index contributed by atoms with van der Waals surface area (Å²) in [4.78, 5) is 2.68. The Hall–Kier alpha value is -0.223. The number of nitrogens with zero attached hydrogens (tertiary/aromatic N) is 1. The fourth-order valence-corrected chi connectivity index (χ4v) is 2.58. The molecule has 0 bridgehead atoms. The van der Waals surface area contributed by atoms with E-state index in [0.717, 1.165) is 0 Å². The number of benzene rings is 1. The van der Waals surface area contributed by atoms with E-state index >= 15 is 0 Å². The van der Waals surface area contributed by atoms with E-state index in [1.54, 1.807) is 0 Å². The van der Waals surface area contributed by atoms with Crippen LogP contribution < -0.4 is 18.9 Å². The van der Waals surface area contributed by atoms with E-state index in [2.05, 4.69) is 49.1 Å². The molecule has 21 heavy (non-hydrogen) atoms. The van der Waals surface area contributed by atoms with Gasteiger partial charge in [-0.25, -0.2) is 0 Å². The Morgan fingerprint density at radius 2 is 1.33 bits per heavy atom. The molecule has 0 atom stereocenters. The quantitative estimate of drug-likeness (QED) is 0.421. The molecule has 0 spiro atoms. The number of hydrogen-bond donors (Lipinski definition) is 0. The fourth-order valence-electron chi connectivity index (χ4n) is 2.58. The maximum absolute atomic E-state index is 2.68. The van der Waals surface area contributed by atoms with E-state index in [1.807, 2.05) is 0 Å². The van der Waals surface area contributed by atoms with Gasteiger partial charge in [0.2, 0.25) is 0 Å². The molecule has 1 rings (SSSR count). The molecular weight excluding hydrogens is 249 g/mol. The van der Waals surface area contributed by atoms with Crippen molar-refractivity contribution >= 4 is 0 Å². The third-order valence-corrected chi connectivity index (χ3v) is 3.94. The summed E-state index contributed by atoms with van der Waals surface area (Å²) in [7, 11) is 0. The van der Waals surface area contributed by atoms with Gasteiger partial charge in [-0.3, -0.25) is 0 Å². The molecule has 0 saturated carbocycles. The van der Waals surface area contributed by atoms with Crippen molar-refractivity contribution in [3.8, 4) is 0 Å². The van der Waals surface area contributed by atoms with Gasteiger partial charge < -0.3 is 6.33 Å². The molecular formula is C19H34LiN. The maximum Gasteiger partial charge on any atom is 1.00 e. The molecule has 1 aromatic rings. The summed E-state index contributed by atoms with van der Waals surface area (Å²) in [5.41, 5.74) is 1.49.